The van der Waals surface area contributed by atoms with E-state index in [1.807, 2.05) is 37.3 Å². The number of hydrogen-bond acceptors (Lipinski definition) is 1. The third kappa shape index (κ3) is 7.98. The van der Waals surface area contributed by atoms with Gasteiger partial charge in [-0.15, -0.1) is 0 Å². The summed E-state index contributed by atoms with van der Waals surface area (Å²) in [6, 6.07) is 15.8. The number of hydrogen-bond donors (Lipinski definition) is 0. The van der Waals surface area contributed by atoms with Gasteiger partial charge < -0.3 is 4.74 Å². The molecule has 3 aromatic carbocycles. The molecule has 0 aromatic heterocycles. The summed E-state index contributed by atoms with van der Waals surface area (Å²) in [6.45, 7) is 4.47. The normalized spacial score (nSPS) is 22.4. The van der Waals surface area contributed by atoms with Crippen molar-refractivity contribution in [2.75, 3.05) is 6.61 Å². The molecule has 0 atom stereocenters. The number of benzene rings is 3. The Labute approximate surface area is 262 Å². The fourth-order valence-electron chi connectivity index (χ4n) is 7.65. The summed E-state index contributed by atoms with van der Waals surface area (Å²) in [4.78, 5) is 0. The average molecular weight is 603 g/mol. The van der Waals surface area contributed by atoms with Crippen molar-refractivity contribution in [3.63, 3.8) is 0 Å². The second-order valence-electron chi connectivity index (χ2n) is 13.1. The number of halogens is 3. The van der Waals surface area contributed by atoms with E-state index in [1.165, 1.54) is 76.3 Å². The quantitative estimate of drug-likeness (QED) is 0.148. The Morgan fingerprint density at radius 2 is 1.34 bits per heavy atom. The van der Waals surface area contributed by atoms with Crippen LogP contribution in [0.4, 0.5) is 13.2 Å². The largest absolute Gasteiger partial charge is 0.486 e. The van der Waals surface area contributed by atoms with Crippen LogP contribution in [0.1, 0.15) is 109 Å². The summed E-state index contributed by atoms with van der Waals surface area (Å²) in [5.41, 5.74) is 3.20. The second kappa shape index (κ2) is 15.8. The zero-order valence-electron chi connectivity index (χ0n) is 26.6. The average Bonchev–Trinajstić information content (AvgIpc) is 3.06. The van der Waals surface area contributed by atoms with Crippen molar-refractivity contribution < 1.29 is 17.9 Å². The Bertz CT molecular complexity index is 1360. The van der Waals surface area contributed by atoms with E-state index in [1.54, 1.807) is 24.3 Å². The van der Waals surface area contributed by atoms with Crippen molar-refractivity contribution in [1.29, 1.82) is 0 Å². The molecule has 2 saturated carbocycles. The second-order valence-corrected chi connectivity index (χ2v) is 13.1. The van der Waals surface area contributed by atoms with E-state index < -0.39 is 11.6 Å². The maximum atomic E-state index is 15.4. The summed E-state index contributed by atoms with van der Waals surface area (Å²) in [5, 5.41) is 0. The minimum absolute atomic E-state index is 0.104. The fraction of sp³-hybridized carbons (Fsp3) is 0.500. The van der Waals surface area contributed by atoms with E-state index in [-0.39, 0.29) is 23.7 Å². The lowest BCUT2D eigenvalue weighted by molar-refractivity contribution is 0.155. The van der Waals surface area contributed by atoms with Gasteiger partial charge in [0.1, 0.15) is 12.4 Å². The topological polar surface area (TPSA) is 9.23 Å². The minimum Gasteiger partial charge on any atom is -0.486 e. The molecule has 0 amide bonds. The highest BCUT2D eigenvalue weighted by atomic mass is 19.2. The van der Waals surface area contributed by atoms with E-state index in [0.29, 0.717) is 11.5 Å². The SMILES string of the molecule is CC/C=C/COc1ccc(-c2ccc(-c3ccc(C4CCC(C5CCC(CCCCC)CC5)CC4)c(F)c3)cc2)c(F)c1F. The van der Waals surface area contributed by atoms with E-state index in [4.69, 9.17) is 4.74 Å². The smallest absolute Gasteiger partial charge is 0.201 e. The van der Waals surface area contributed by atoms with Crippen LogP contribution in [-0.4, -0.2) is 6.61 Å². The molecular formula is C40H49F3O. The zero-order valence-corrected chi connectivity index (χ0v) is 26.6. The zero-order chi connectivity index (χ0) is 30.9. The molecule has 44 heavy (non-hydrogen) atoms. The van der Waals surface area contributed by atoms with Crippen LogP contribution >= 0.6 is 0 Å². The molecule has 2 aliphatic carbocycles. The Morgan fingerprint density at radius 3 is 2.00 bits per heavy atom. The van der Waals surface area contributed by atoms with Gasteiger partial charge in [-0.3, -0.25) is 0 Å². The van der Waals surface area contributed by atoms with E-state index in [2.05, 4.69) is 6.92 Å². The van der Waals surface area contributed by atoms with Gasteiger partial charge >= 0.3 is 0 Å². The fourth-order valence-corrected chi connectivity index (χ4v) is 7.65. The predicted octanol–water partition coefficient (Wildman–Crippen LogP) is 12.4. The Morgan fingerprint density at radius 1 is 0.682 bits per heavy atom. The van der Waals surface area contributed by atoms with Crippen LogP contribution in [0.5, 0.6) is 5.75 Å². The van der Waals surface area contributed by atoms with Gasteiger partial charge in [0.05, 0.1) is 0 Å². The number of allylic oxidation sites excluding steroid dienone is 1. The molecule has 0 aliphatic heterocycles. The van der Waals surface area contributed by atoms with E-state index >= 15 is 4.39 Å². The molecule has 0 spiro atoms. The van der Waals surface area contributed by atoms with Gasteiger partial charge in [0.15, 0.2) is 11.6 Å². The predicted molar refractivity (Wildman–Crippen MR) is 176 cm³/mol. The number of unbranched alkanes of at least 4 members (excludes halogenated alkanes) is 2. The van der Waals surface area contributed by atoms with Gasteiger partial charge in [-0.2, -0.15) is 4.39 Å². The van der Waals surface area contributed by atoms with Gasteiger partial charge in [-0.25, -0.2) is 8.78 Å². The Hall–Kier alpha value is -3.01. The molecular weight excluding hydrogens is 553 g/mol. The molecule has 0 bridgehead atoms. The van der Waals surface area contributed by atoms with E-state index in [9.17, 15) is 8.78 Å². The standard InChI is InChI=1S/C40H49F3O/c1-3-5-7-9-28-10-12-29(13-11-28)30-14-18-32(19-15-30)35-23-22-34(27-37(35)41)31-16-20-33(21-17-31)36-24-25-38(40(43)39(36)42)44-26-8-6-4-2/h6,8,16-17,20-25,27-30,32H,3-5,7,9-15,18-19,26H2,1-2H3/b8-6+. The summed E-state index contributed by atoms with van der Waals surface area (Å²) < 4.78 is 50.4. The van der Waals surface area contributed by atoms with Crippen molar-refractivity contribution in [1.82, 2.24) is 0 Å². The Balaban J connectivity index is 1.16. The van der Waals surface area contributed by atoms with Gasteiger partial charge in [0, 0.05) is 5.56 Å². The monoisotopic (exact) mass is 602 g/mol. The van der Waals surface area contributed by atoms with Crippen LogP contribution in [0.3, 0.4) is 0 Å². The molecule has 236 valence electrons. The van der Waals surface area contributed by atoms with Gasteiger partial charge in [-0.1, -0.05) is 101 Å². The molecule has 2 aliphatic rings. The number of ether oxygens (including phenoxy) is 1. The molecule has 5 rings (SSSR count). The van der Waals surface area contributed by atoms with Crippen molar-refractivity contribution >= 4 is 0 Å². The molecule has 2 fully saturated rings. The van der Waals surface area contributed by atoms with Gasteiger partial charge in [0.25, 0.3) is 0 Å². The molecule has 0 N–H and O–H groups in total. The van der Waals surface area contributed by atoms with Crippen LogP contribution in [0.2, 0.25) is 0 Å². The summed E-state index contributed by atoms with van der Waals surface area (Å²) >= 11 is 0. The van der Waals surface area contributed by atoms with Crippen molar-refractivity contribution in [2.45, 2.75) is 103 Å². The molecule has 0 heterocycles. The first-order valence-electron chi connectivity index (χ1n) is 17.1. The van der Waals surface area contributed by atoms with Crippen molar-refractivity contribution in [3.05, 3.63) is 89.8 Å². The number of rotatable bonds is 12. The maximum absolute atomic E-state index is 15.4. The first-order chi connectivity index (χ1) is 21.5. The summed E-state index contributed by atoms with van der Waals surface area (Å²) in [7, 11) is 0. The highest BCUT2D eigenvalue weighted by Crippen LogP contribution is 2.45. The van der Waals surface area contributed by atoms with Crippen LogP contribution < -0.4 is 4.74 Å². The molecule has 3 aromatic rings. The minimum atomic E-state index is -0.992. The maximum Gasteiger partial charge on any atom is 0.201 e. The van der Waals surface area contributed by atoms with E-state index in [0.717, 1.165) is 53.7 Å². The Kier molecular flexibility index (Phi) is 11.6. The lowest BCUT2D eigenvalue weighted by atomic mass is 9.68. The van der Waals surface area contributed by atoms with Crippen LogP contribution in [-0.2, 0) is 0 Å². The molecule has 0 radical (unpaired) electrons. The van der Waals surface area contributed by atoms with Crippen LogP contribution in [0.25, 0.3) is 22.3 Å². The highest BCUT2D eigenvalue weighted by molar-refractivity contribution is 5.71. The van der Waals surface area contributed by atoms with Crippen molar-refractivity contribution in [3.8, 4) is 28.0 Å². The van der Waals surface area contributed by atoms with Gasteiger partial charge in [-0.05, 0) is 109 Å². The lowest BCUT2D eigenvalue weighted by Gasteiger charge is -2.38. The van der Waals surface area contributed by atoms with Gasteiger partial charge in [0.2, 0.25) is 5.82 Å². The lowest BCUT2D eigenvalue weighted by Crippen LogP contribution is -2.25. The molecule has 4 heteroatoms. The van der Waals surface area contributed by atoms with Crippen molar-refractivity contribution in [2.24, 2.45) is 17.8 Å². The highest BCUT2D eigenvalue weighted by Gasteiger charge is 2.32. The third-order valence-electron chi connectivity index (χ3n) is 10.3. The molecule has 1 nitrogen and oxygen atoms in total. The third-order valence-corrected chi connectivity index (χ3v) is 10.3. The molecule has 0 saturated heterocycles. The first kappa shape index (κ1) is 32.4. The summed E-state index contributed by atoms with van der Waals surface area (Å²) in [6.07, 6.45) is 20.3. The molecule has 0 unspecified atom stereocenters. The summed E-state index contributed by atoms with van der Waals surface area (Å²) in [5.74, 6) is 0.759. The van der Waals surface area contributed by atoms with Crippen LogP contribution in [0.15, 0.2) is 66.7 Å². The van der Waals surface area contributed by atoms with Crippen LogP contribution in [0, 0.1) is 35.2 Å². The first-order valence-corrected chi connectivity index (χ1v) is 17.1.